The first-order valence-corrected chi connectivity index (χ1v) is 7.82. The van der Waals surface area contributed by atoms with Gasteiger partial charge in [-0.25, -0.2) is 0 Å². The Morgan fingerprint density at radius 2 is 2.14 bits per heavy atom. The molecule has 0 radical (unpaired) electrons. The van der Waals surface area contributed by atoms with Crippen molar-refractivity contribution in [2.75, 3.05) is 6.54 Å². The summed E-state index contributed by atoms with van der Waals surface area (Å²) in [6, 6.07) is 6.02. The van der Waals surface area contributed by atoms with Gasteiger partial charge in [0, 0.05) is 6.54 Å². The van der Waals surface area contributed by atoms with E-state index in [4.69, 9.17) is 0 Å². The van der Waals surface area contributed by atoms with E-state index in [1.165, 1.54) is 11.8 Å². The number of hydrogen-bond acceptors (Lipinski definition) is 5. The van der Waals surface area contributed by atoms with E-state index in [1.54, 1.807) is 10.8 Å². The second-order valence-electron chi connectivity index (χ2n) is 4.91. The highest BCUT2D eigenvalue weighted by molar-refractivity contribution is 8.00. The molecule has 0 aliphatic heterocycles. The van der Waals surface area contributed by atoms with E-state index >= 15 is 0 Å². The van der Waals surface area contributed by atoms with Gasteiger partial charge in [0.25, 0.3) is 0 Å². The lowest BCUT2D eigenvalue weighted by atomic mass is 10.1. The van der Waals surface area contributed by atoms with Crippen LogP contribution in [0.1, 0.15) is 18.1 Å². The summed E-state index contributed by atoms with van der Waals surface area (Å²) >= 11 is 1.33. The van der Waals surface area contributed by atoms with Gasteiger partial charge in [0.15, 0.2) is 0 Å². The predicted molar refractivity (Wildman–Crippen MR) is 87.2 cm³/mol. The number of benzene rings is 1. The van der Waals surface area contributed by atoms with Crippen molar-refractivity contribution in [1.29, 1.82) is 0 Å². The average Bonchev–Trinajstić information content (AvgIpc) is 2.92. The van der Waals surface area contributed by atoms with Crippen LogP contribution in [-0.4, -0.2) is 37.9 Å². The summed E-state index contributed by atoms with van der Waals surface area (Å²) in [5, 5.41) is 14.9. The molecule has 7 heteroatoms. The Morgan fingerprint density at radius 3 is 2.77 bits per heavy atom. The number of hydrogen-bond donors (Lipinski definition) is 1. The first-order chi connectivity index (χ1) is 10.5. The van der Waals surface area contributed by atoms with Gasteiger partial charge in [-0.2, -0.15) is 4.68 Å². The second kappa shape index (κ2) is 7.22. The third-order valence-corrected chi connectivity index (χ3v) is 4.20. The lowest BCUT2D eigenvalue weighted by Gasteiger charge is -2.13. The zero-order valence-corrected chi connectivity index (χ0v) is 13.7. The van der Waals surface area contributed by atoms with Crippen LogP contribution >= 0.6 is 11.8 Å². The molecule has 1 unspecified atom stereocenters. The fourth-order valence-corrected chi connectivity index (χ4v) is 2.88. The quantitative estimate of drug-likeness (QED) is 0.652. The van der Waals surface area contributed by atoms with Crippen molar-refractivity contribution in [1.82, 2.24) is 25.5 Å². The van der Waals surface area contributed by atoms with Gasteiger partial charge in [0.1, 0.15) is 0 Å². The van der Waals surface area contributed by atoms with E-state index in [-0.39, 0.29) is 11.2 Å². The molecule has 116 valence electrons. The predicted octanol–water partition coefficient (Wildman–Crippen LogP) is 2.06. The second-order valence-corrected chi connectivity index (χ2v) is 6.22. The third kappa shape index (κ3) is 3.54. The molecule has 1 heterocycles. The summed E-state index contributed by atoms with van der Waals surface area (Å²) in [6.45, 7) is 9.88. The SMILES string of the molecule is C=CCNC(=O)C(C)Sc1nnnn1-c1c(C)cccc1C. The summed E-state index contributed by atoms with van der Waals surface area (Å²) in [6.07, 6.45) is 1.65. The van der Waals surface area contributed by atoms with Crippen LogP contribution in [-0.2, 0) is 4.79 Å². The summed E-state index contributed by atoms with van der Waals surface area (Å²) in [4.78, 5) is 12.0. The van der Waals surface area contributed by atoms with Gasteiger partial charge in [-0.15, -0.1) is 11.7 Å². The summed E-state index contributed by atoms with van der Waals surface area (Å²) in [5.74, 6) is -0.0686. The van der Waals surface area contributed by atoms with Crippen LogP contribution in [0.15, 0.2) is 36.0 Å². The number of nitrogens with zero attached hydrogens (tertiary/aromatic N) is 4. The Kier molecular flexibility index (Phi) is 5.32. The summed E-state index contributed by atoms with van der Waals surface area (Å²) in [7, 11) is 0. The van der Waals surface area contributed by atoms with Crippen LogP contribution in [0.5, 0.6) is 0 Å². The zero-order valence-electron chi connectivity index (χ0n) is 12.9. The maximum atomic E-state index is 12.0. The third-order valence-electron chi connectivity index (χ3n) is 3.16. The standard InChI is InChI=1S/C15H19N5OS/c1-5-9-16-14(21)12(4)22-15-17-18-19-20(15)13-10(2)7-6-8-11(13)3/h5-8,12H,1,9H2,2-4H3,(H,16,21). The molecule has 1 N–H and O–H groups in total. The molecule has 0 fully saturated rings. The van der Waals surface area contributed by atoms with Crippen molar-refractivity contribution >= 4 is 17.7 Å². The minimum atomic E-state index is -0.297. The Hall–Kier alpha value is -2.15. The number of para-hydroxylation sites is 1. The van der Waals surface area contributed by atoms with E-state index in [1.807, 2.05) is 39.0 Å². The van der Waals surface area contributed by atoms with Gasteiger partial charge in [-0.1, -0.05) is 36.0 Å². The molecule has 2 rings (SSSR count). The molecule has 1 aromatic heterocycles. The molecule has 0 spiro atoms. The largest absolute Gasteiger partial charge is 0.352 e. The molecule has 2 aromatic rings. The number of carbonyl (C=O) groups excluding carboxylic acids is 1. The molecule has 0 saturated heterocycles. The van der Waals surface area contributed by atoms with Crippen LogP contribution in [0.3, 0.4) is 0 Å². The van der Waals surface area contributed by atoms with Crippen molar-refractivity contribution < 1.29 is 4.79 Å². The fourth-order valence-electron chi connectivity index (χ4n) is 2.06. The normalized spacial score (nSPS) is 12.0. The first-order valence-electron chi connectivity index (χ1n) is 6.94. The summed E-state index contributed by atoms with van der Waals surface area (Å²) in [5.41, 5.74) is 3.12. The van der Waals surface area contributed by atoms with Crippen molar-refractivity contribution in [3.05, 3.63) is 42.0 Å². The number of nitrogens with one attached hydrogen (secondary N) is 1. The van der Waals surface area contributed by atoms with Gasteiger partial charge in [0.2, 0.25) is 11.1 Å². The number of aromatic nitrogens is 4. The van der Waals surface area contributed by atoms with Gasteiger partial charge in [0.05, 0.1) is 10.9 Å². The number of amides is 1. The van der Waals surface area contributed by atoms with Crippen molar-refractivity contribution in [2.24, 2.45) is 0 Å². The molecular weight excluding hydrogens is 298 g/mol. The number of tetrazole rings is 1. The van der Waals surface area contributed by atoms with Crippen LogP contribution < -0.4 is 5.32 Å². The lowest BCUT2D eigenvalue weighted by molar-refractivity contribution is -0.120. The molecule has 1 aromatic carbocycles. The molecule has 1 atom stereocenters. The van der Waals surface area contributed by atoms with E-state index in [2.05, 4.69) is 27.4 Å². The fraction of sp³-hybridized carbons (Fsp3) is 0.333. The van der Waals surface area contributed by atoms with E-state index in [0.29, 0.717) is 11.7 Å². The molecule has 1 amide bonds. The molecule has 0 aliphatic carbocycles. The molecule has 0 bridgehead atoms. The first kappa shape index (κ1) is 16.2. The van der Waals surface area contributed by atoms with Gasteiger partial charge in [-0.05, 0) is 42.3 Å². The number of rotatable bonds is 6. The molecule has 0 aliphatic rings. The van der Waals surface area contributed by atoms with Gasteiger partial charge in [-0.3, -0.25) is 4.79 Å². The number of aryl methyl sites for hydroxylation is 2. The van der Waals surface area contributed by atoms with Crippen molar-refractivity contribution in [3.8, 4) is 5.69 Å². The van der Waals surface area contributed by atoms with Crippen molar-refractivity contribution in [3.63, 3.8) is 0 Å². The number of carbonyl (C=O) groups is 1. The minimum Gasteiger partial charge on any atom is -0.352 e. The molecule has 22 heavy (non-hydrogen) atoms. The maximum Gasteiger partial charge on any atom is 0.233 e. The van der Waals surface area contributed by atoms with Crippen LogP contribution in [0.25, 0.3) is 5.69 Å². The Labute approximate surface area is 134 Å². The average molecular weight is 317 g/mol. The smallest absolute Gasteiger partial charge is 0.233 e. The van der Waals surface area contributed by atoms with Crippen LogP contribution in [0.4, 0.5) is 0 Å². The highest BCUT2D eigenvalue weighted by Crippen LogP contribution is 2.26. The zero-order chi connectivity index (χ0) is 16.1. The number of thioether (sulfide) groups is 1. The lowest BCUT2D eigenvalue weighted by Crippen LogP contribution is -2.31. The van der Waals surface area contributed by atoms with E-state index in [9.17, 15) is 4.79 Å². The van der Waals surface area contributed by atoms with Crippen LogP contribution in [0, 0.1) is 13.8 Å². The molecule has 6 nitrogen and oxygen atoms in total. The van der Waals surface area contributed by atoms with E-state index < -0.39 is 0 Å². The van der Waals surface area contributed by atoms with Gasteiger partial charge < -0.3 is 5.32 Å². The Balaban J connectivity index is 2.23. The Bertz CT molecular complexity index is 662. The Morgan fingerprint density at radius 1 is 1.45 bits per heavy atom. The molecular formula is C15H19N5OS. The highest BCUT2D eigenvalue weighted by atomic mass is 32.2. The molecule has 0 saturated carbocycles. The monoisotopic (exact) mass is 317 g/mol. The van der Waals surface area contributed by atoms with Gasteiger partial charge >= 0.3 is 0 Å². The summed E-state index contributed by atoms with van der Waals surface area (Å²) < 4.78 is 1.69. The topological polar surface area (TPSA) is 72.7 Å². The van der Waals surface area contributed by atoms with E-state index in [0.717, 1.165) is 16.8 Å². The highest BCUT2D eigenvalue weighted by Gasteiger charge is 2.20. The van der Waals surface area contributed by atoms with Crippen molar-refractivity contribution in [2.45, 2.75) is 31.2 Å². The maximum absolute atomic E-state index is 12.0. The minimum absolute atomic E-state index is 0.0686. The van der Waals surface area contributed by atoms with Crippen LogP contribution in [0.2, 0.25) is 0 Å².